The molecule has 20 heavy (non-hydrogen) atoms. The van der Waals surface area contributed by atoms with Crippen LogP contribution in [0.25, 0.3) is 0 Å². The van der Waals surface area contributed by atoms with Gasteiger partial charge in [-0.3, -0.25) is 9.69 Å². The number of carbonyl (C=O) groups is 1. The summed E-state index contributed by atoms with van der Waals surface area (Å²) in [5, 5.41) is 0. The zero-order valence-corrected chi connectivity index (χ0v) is 13.5. The lowest BCUT2D eigenvalue weighted by atomic mass is 10.1. The fraction of sp³-hybridized carbons (Fsp3) is 0.533. The van der Waals surface area contributed by atoms with Gasteiger partial charge in [-0.1, -0.05) is 28.1 Å². The zero-order chi connectivity index (χ0) is 14.5. The van der Waals surface area contributed by atoms with Crippen molar-refractivity contribution in [1.29, 1.82) is 0 Å². The van der Waals surface area contributed by atoms with E-state index in [0.717, 1.165) is 37.2 Å². The molecule has 0 radical (unpaired) electrons. The molecule has 0 aliphatic carbocycles. The summed E-state index contributed by atoms with van der Waals surface area (Å²) in [4.78, 5) is 15.6. The first kappa shape index (κ1) is 15.5. The highest BCUT2D eigenvalue weighted by molar-refractivity contribution is 9.10. The SMILES string of the molecule is C[C@@H](c1ccc(Br)cc1)N1CCN(CCC(N)=O)CC1. The van der Waals surface area contributed by atoms with Gasteiger partial charge in [-0.15, -0.1) is 0 Å². The average molecular weight is 340 g/mol. The lowest BCUT2D eigenvalue weighted by Gasteiger charge is -2.38. The van der Waals surface area contributed by atoms with E-state index in [1.807, 2.05) is 0 Å². The molecule has 1 fully saturated rings. The molecule has 1 saturated heterocycles. The Kier molecular flexibility index (Phi) is 5.57. The molecular weight excluding hydrogens is 318 g/mol. The molecule has 1 amide bonds. The summed E-state index contributed by atoms with van der Waals surface area (Å²) in [6, 6.07) is 8.97. The summed E-state index contributed by atoms with van der Waals surface area (Å²) < 4.78 is 1.12. The second-order valence-corrected chi connectivity index (χ2v) is 6.24. The summed E-state index contributed by atoms with van der Waals surface area (Å²) in [7, 11) is 0. The predicted octanol–water partition coefficient (Wildman–Crippen LogP) is 2.00. The Hall–Kier alpha value is -0.910. The van der Waals surface area contributed by atoms with Crippen LogP contribution in [0.15, 0.2) is 28.7 Å². The van der Waals surface area contributed by atoms with Crippen LogP contribution in [0.2, 0.25) is 0 Å². The number of benzene rings is 1. The van der Waals surface area contributed by atoms with Crippen LogP contribution in [0.4, 0.5) is 0 Å². The van der Waals surface area contributed by atoms with E-state index in [1.165, 1.54) is 5.56 Å². The molecule has 1 aliphatic rings. The Balaban J connectivity index is 1.83. The number of primary amides is 1. The maximum absolute atomic E-state index is 10.8. The predicted molar refractivity (Wildman–Crippen MR) is 84.4 cm³/mol. The van der Waals surface area contributed by atoms with Crippen LogP contribution in [0.1, 0.15) is 24.9 Å². The topological polar surface area (TPSA) is 49.6 Å². The third-order valence-corrected chi connectivity index (χ3v) is 4.51. The Morgan fingerprint density at radius 2 is 1.85 bits per heavy atom. The highest BCUT2D eigenvalue weighted by atomic mass is 79.9. The van der Waals surface area contributed by atoms with Crippen molar-refractivity contribution in [3.8, 4) is 0 Å². The van der Waals surface area contributed by atoms with Crippen molar-refractivity contribution in [2.45, 2.75) is 19.4 Å². The third kappa shape index (κ3) is 4.30. The minimum atomic E-state index is -0.212. The molecule has 0 aromatic heterocycles. The van der Waals surface area contributed by atoms with Gasteiger partial charge in [-0.25, -0.2) is 0 Å². The van der Waals surface area contributed by atoms with Crippen molar-refractivity contribution in [3.05, 3.63) is 34.3 Å². The number of halogens is 1. The lowest BCUT2D eigenvalue weighted by molar-refractivity contribution is -0.118. The zero-order valence-electron chi connectivity index (χ0n) is 11.9. The molecule has 2 rings (SSSR count). The summed E-state index contributed by atoms with van der Waals surface area (Å²) in [6.45, 7) is 7.13. The van der Waals surface area contributed by atoms with E-state index in [0.29, 0.717) is 12.5 Å². The summed E-state index contributed by atoms with van der Waals surface area (Å²) >= 11 is 3.47. The molecule has 0 spiro atoms. The number of hydrogen-bond donors (Lipinski definition) is 1. The van der Waals surface area contributed by atoms with Crippen molar-refractivity contribution < 1.29 is 4.79 Å². The van der Waals surface area contributed by atoms with Gasteiger partial charge in [0.15, 0.2) is 0 Å². The van der Waals surface area contributed by atoms with Crippen LogP contribution < -0.4 is 5.73 Å². The number of amides is 1. The van der Waals surface area contributed by atoms with E-state index in [1.54, 1.807) is 0 Å². The van der Waals surface area contributed by atoms with Crippen LogP contribution in [-0.4, -0.2) is 48.4 Å². The smallest absolute Gasteiger partial charge is 0.218 e. The molecule has 1 aromatic carbocycles. The van der Waals surface area contributed by atoms with Gasteiger partial charge in [0.1, 0.15) is 0 Å². The van der Waals surface area contributed by atoms with E-state index >= 15 is 0 Å². The highest BCUT2D eigenvalue weighted by Crippen LogP contribution is 2.23. The minimum Gasteiger partial charge on any atom is -0.370 e. The van der Waals surface area contributed by atoms with Gasteiger partial charge in [-0.05, 0) is 24.6 Å². The van der Waals surface area contributed by atoms with Crippen LogP contribution in [0, 0.1) is 0 Å². The van der Waals surface area contributed by atoms with Crippen molar-refractivity contribution in [2.24, 2.45) is 5.73 Å². The van der Waals surface area contributed by atoms with E-state index in [4.69, 9.17) is 5.73 Å². The molecule has 4 nitrogen and oxygen atoms in total. The molecule has 1 heterocycles. The van der Waals surface area contributed by atoms with Crippen molar-refractivity contribution in [2.75, 3.05) is 32.7 Å². The van der Waals surface area contributed by atoms with Crippen LogP contribution >= 0.6 is 15.9 Å². The van der Waals surface area contributed by atoms with Gasteiger partial charge < -0.3 is 10.6 Å². The Morgan fingerprint density at radius 1 is 1.25 bits per heavy atom. The van der Waals surface area contributed by atoms with Gasteiger partial charge in [-0.2, -0.15) is 0 Å². The van der Waals surface area contributed by atoms with Gasteiger partial charge in [0.2, 0.25) is 5.91 Å². The molecule has 0 unspecified atom stereocenters. The molecule has 1 atom stereocenters. The minimum absolute atomic E-state index is 0.212. The van der Waals surface area contributed by atoms with Crippen molar-refractivity contribution >= 4 is 21.8 Å². The van der Waals surface area contributed by atoms with Crippen LogP contribution in [0.5, 0.6) is 0 Å². The normalized spacial score (nSPS) is 18.9. The first-order valence-corrected chi connectivity index (χ1v) is 7.86. The van der Waals surface area contributed by atoms with Gasteiger partial charge in [0.05, 0.1) is 0 Å². The largest absolute Gasteiger partial charge is 0.370 e. The quantitative estimate of drug-likeness (QED) is 0.892. The monoisotopic (exact) mass is 339 g/mol. The summed E-state index contributed by atoms with van der Waals surface area (Å²) in [6.07, 6.45) is 0.461. The Labute approximate surface area is 129 Å². The maximum Gasteiger partial charge on any atom is 0.218 e. The highest BCUT2D eigenvalue weighted by Gasteiger charge is 2.21. The number of carbonyl (C=O) groups excluding carboxylic acids is 1. The summed E-state index contributed by atoms with van der Waals surface area (Å²) in [5.41, 5.74) is 6.54. The molecule has 0 bridgehead atoms. The number of rotatable bonds is 5. The van der Waals surface area contributed by atoms with Crippen molar-refractivity contribution in [1.82, 2.24) is 9.80 Å². The van der Waals surface area contributed by atoms with Crippen LogP contribution in [0.3, 0.4) is 0 Å². The Morgan fingerprint density at radius 3 is 2.40 bits per heavy atom. The first-order valence-electron chi connectivity index (χ1n) is 7.06. The second-order valence-electron chi connectivity index (χ2n) is 5.32. The average Bonchev–Trinajstić information content (AvgIpc) is 2.46. The number of nitrogens with two attached hydrogens (primary N) is 1. The van der Waals surface area contributed by atoms with Crippen molar-refractivity contribution in [3.63, 3.8) is 0 Å². The van der Waals surface area contributed by atoms with Gasteiger partial charge >= 0.3 is 0 Å². The van der Waals surface area contributed by atoms with Gasteiger partial charge in [0, 0.05) is 49.7 Å². The maximum atomic E-state index is 10.8. The third-order valence-electron chi connectivity index (χ3n) is 3.98. The molecule has 110 valence electrons. The van der Waals surface area contributed by atoms with E-state index in [2.05, 4.69) is 56.9 Å². The second kappa shape index (κ2) is 7.20. The molecule has 0 saturated carbocycles. The molecule has 5 heteroatoms. The van der Waals surface area contributed by atoms with E-state index in [9.17, 15) is 4.79 Å². The summed E-state index contributed by atoms with van der Waals surface area (Å²) in [5.74, 6) is -0.212. The van der Waals surface area contributed by atoms with Crippen LogP contribution in [-0.2, 0) is 4.79 Å². The molecule has 1 aliphatic heterocycles. The lowest BCUT2D eigenvalue weighted by Crippen LogP contribution is -2.47. The fourth-order valence-corrected chi connectivity index (χ4v) is 2.86. The van der Waals surface area contributed by atoms with Gasteiger partial charge in [0.25, 0.3) is 0 Å². The number of nitrogens with zero attached hydrogens (tertiary/aromatic N) is 2. The first-order chi connectivity index (χ1) is 9.56. The van der Waals surface area contributed by atoms with E-state index < -0.39 is 0 Å². The number of piperazine rings is 1. The Bertz CT molecular complexity index is 441. The molecule has 2 N–H and O–H groups in total. The molecule has 1 aromatic rings. The van der Waals surface area contributed by atoms with E-state index in [-0.39, 0.29) is 5.91 Å². The molecular formula is C15H22BrN3O. The fourth-order valence-electron chi connectivity index (χ4n) is 2.59. The standard InChI is InChI=1S/C15H22BrN3O/c1-12(13-2-4-14(16)5-3-13)19-10-8-18(9-11-19)7-6-15(17)20/h2-5,12H,6-11H2,1H3,(H2,17,20)/t12-/m0/s1. The number of hydrogen-bond acceptors (Lipinski definition) is 3.